The summed E-state index contributed by atoms with van der Waals surface area (Å²) >= 11 is 0. The predicted molar refractivity (Wildman–Crippen MR) is 127 cm³/mol. The molecule has 6 nitrogen and oxygen atoms in total. The number of hydrogen-bond donors (Lipinski definition) is 1. The fourth-order valence-corrected chi connectivity index (χ4v) is 3.90. The lowest BCUT2D eigenvalue weighted by Crippen LogP contribution is -2.51. The van der Waals surface area contributed by atoms with Gasteiger partial charge in [0.15, 0.2) is 0 Å². The van der Waals surface area contributed by atoms with Crippen LogP contribution in [0.4, 0.5) is 0 Å². The van der Waals surface area contributed by atoms with E-state index in [0.717, 1.165) is 48.8 Å². The van der Waals surface area contributed by atoms with Crippen LogP contribution in [0.5, 0.6) is 0 Å². The molecule has 166 valence electrons. The van der Waals surface area contributed by atoms with Gasteiger partial charge in [-0.2, -0.15) is 5.10 Å². The van der Waals surface area contributed by atoms with Crippen LogP contribution >= 0.6 is 0 Å². The van der Waals surface area contributed by atoms with E-state index in [9.17, 15) is 4.79 Å². The van der Waals surface area contributed by atoms with Crippen molar-refractivity contribution in [3.63, 3.8) is 0 Å². The van der Waals surface area contributed by atoms with Crippen molar-refractivity contribution in [2.75, 3.05) is 26.3 Å². The minimum absolute atomic E-state index is 0.0332. The highest BCUT2D eigenvalue weighted by Crippen LogP contribution is 2.24. The lowest BCUT2D eigenvalue weighted by atomic mass is 10.1. The topological polar surface area (TPSA) is 59.4 Å². The van der Waals surface area contributed by atoms with Crippen LogP contribution in [0.1, 0.15) is 19.4 Å². The van der Waals surface area contributed by atoms with Gasteiger partial charge in [-0.1, -0.05) is 48.5 Å². The van der Waals surface area contributed by atoms with E-state index < -0.39 is 0 Å². The van der Waals surface area contributed by atoms with Crippen LogP contribution in [0.25, 0.3) is 23.0 Å². The van der Waals surface area contributed by atoms with Crippen molar-refractivity contribution >= 4 is 12.0 Å². The summed E-state index contributed by atoms with van der Waals surface area (Å²) in [5, 5.41) is 7.90. The number of aromatic nitrogens is 2. The van der Waals surface area contributed by atoms with Crippen molar-refractivity contribution in [1.29, 1.82) is 0 Å². The number of para-hydroxylation sites is 1. The number of nitrogens with one attached hydrogen (secondary N) is 1. The zero-order chi connectivity index (χ0) is 22.3. The first kappa shape index (κ1) is 22.0. The highest BCUT2D eigenvalue weighted by molar-refractivity contribution is 5.93. The predicted octanol–water partition coefficient (Wildman–Crippen LogP) is 3.78. The summed E-state index contributed by atoms with van der Waals surface area (Å²) in [4.78, 5) is 15.0. The first-order chi connectivity index (χ1) is 15.6. The molecule has 32 heavy (non-hydrogen) atoms. The second-order valence-corrected chi connectivity index (χ2v) is 8.10. The molecule has 0 saturated carbocycles. The van der Waals surface area contributed by atoms with Gasteiger partial charge in [-0.3, -0.25) is 9.69 Å². The minimum Gasteiger partial charge on any atom is -0.379 e. The van der Waals surface area contributed by atoms with Gasteiger partial charge >= 0.3 is 0 Å². The number of benzene rings is 2. The molecule has 0 spiro atoms. The van der Waals surface area contributed by atoms with E-state index in [4.69, 9.17) is 9.84 Å². The van der Waals surface area contributed by atoms with Crippen LogP contribution in [-0.4, -0.2) is 59.0 Å². The Balaban J connectivity index is 1.51. The summed E-state index contributed by atoms with van der Waals surface area (Å²) in [6.07, 6.45) is 5.40. The van der Waals surface area contributed by atoms with E-state index in [-0.39, 0.29) is 18.0 Å². The molecule has 6 heteroatoms. The van der Waals surface area contributed by atoms with Crippen LogP contribution in [0.15, 0.2) is 72.9 Å². The molecule has 2 atom stereocenters. The van der Waals surface area contributed by atoms with Gasteiger partial charge in [0.2, 0.25) is 5.91 Å². The van der Waals surface area contributed by atoms with Gasteiger partial charge in [-0.25, -0.2) is 4.68 Å². The van der Waals surface area contributed by atoms with Crippen molar-refractivity contribution in [3.8, 4) is 16.9 Å². The molecule has 1 aliphatic rings. The van der Waals surface area contributed by atoms with Gasteiger partial charge < -0.3 is 10.1 Å². The van der Waals surface area contributed by atoms with Crippen molar-refractivity contribution in [2.24, 2.45) is 0 Å². The minimum atomic E-state index is -0.107. The molecule has 4 rings (SSSR count). The van der Waals surface area contributed by atoms with Gasteiger partial charge in [0.1, 0.15) is 0 Å². The Hall–Kier alpha value is -3.22. The van der Waals surface area contributed by atoms with Crippen LogP contribution < -0.4 is 5.32 Å². The summed E-state index contributed by atoms with van der Waals surface area (Å²) in [7, 11) is 0. The molecule has 1 N–H and O–H groups in total. The Labute approximate surface area is 189 Å². The molecular weight excluding hydrogens is 400 g/mol. The van der Waals surface area contributed by atoms with Crippen molar-refractivity contribution in [2.45, 2.75) is 25.9 Å². The Kier molecular flexibility index (Phi) is 7.14. The fraction of sp³-hybridized carbons (Fsp3) is 0.308. The van der Waals surface area contributed by atoms with E-state index in [1.807, 2.05) is 77.6 Å². The maximum atomic E-state index is 12.7. The highest BCUT2D eigenvalue weighted by Gasteiger charge is 2.22. The van der Waals surface area contributed by atoms with E-state index in [1.54, 1.807) is 6.08 Å². The molecular formula is C26H30N4O2. The van der Waals surface area contributed by atoms with E-state index in [0.29, 0.717) is 0 Å². The maximum absolute atomic E-state index is 12.7. The van der Waals surface area contributed by atoms with Gasteiger partial charge in [0, 0.05) is 48.6 Å². The van der Waals surface area contributed by atoms with Crippen molar-refractivity contribution in [1.82, 2.24) is 20.0 Å². The molecule has 2 heterocycles. The number of rotatable bonds is 7. The Morgan fingerprint density at radius 2 is 1.69 bits per heavy atom. The monoisotopic (exact) mass is 430 g/mol. The molecule has 1 aliphatic heterocycles. The molecule has 1 amide bonds. The third-order valence-electron chi connectivity index (χ3n) is 5.94. The molecule has 2 unspecified atom stereocenters. The number of nitrogens with zero attached hydrogens (tertiary/aromatic N) is 3. The first-order valence-corrected chi connectivity index (χ1v) is 11.1. The van der Waals surface area contributed by atoms with Gasteiger partial charge in [-0.05, 0) is 32.1 Å². The second-order valence-electron chi connectivity index (χ2n) is 8.10. The van der Waals surface area contributed by atoms with Crippen LogP contribution in [0.3, 0.4) is 0 Å². The molecule has 3 aromatic rings. The Morgan fingerprint density at radius 1 is 1.03 bits per heavy atom. The number of hydrogen-bond acceptors (Lipinski definition) is 4. The summed E-state index contributed by atoms with van der Waals surface area (Å²) in [5.41, 5.74) is 3.72. The van der Waals surface area contributed by atoms with Crippen LogP contribution in [-0.2, 0) is 9.53 Å². The Morgan fingerprint density at radius 3 is 2.38 bits per heavy atom. The number of amides is 1. The number of carbonyl (C=O) groups excluding carboxylic acids is 1. The molecule has 1 fully saturated rings. The van der Waals surface area contributed by atoms with Crippen LogP contribution in [0, 0.1) is 0 Å². The smallest absolute Gasteiger partial charge is 0.244 e. The second kappa shape index (κ2) is 10.4. The van der Waals surface area contributed by atoms with Gasteiger partial charge in [0.25, 0.3) is 0 Å². The highest BCUT2D eigenvalue weighted by atomic mass is 16.5. The van der Waals surface area contributed by atoms with E-state index >= 15 is 0 Å². The molecule has 1 saturated heterocycles. The van der Waals surface area contributed by atoms with Gasteiger partial charge in [0.05, 0.1) is 24.6 Å². The van der Waals surface area contributed by atoms with Crippen molar-refractivity contribution < 1.29 is 9.53 Å². The maximum Gasteiger partial charge on any atom is 0.244 e. The fourth-order valence-electron chi connectivity index (χ4n) is 3.90. The molecule has 0 radical (unpaired) electrons. The SMILES string of the molecule is CC(NC(=O)C=Cc1cn(-c2ccccc2)nc1-c1ccccc1)C(C)N1CCOCC1. The molecule has 2 aromatic carbocycles. The van der Waals surface area contributed by atoms with Crippen molar-refractivity contribution in [3.05, 3.63) is 78.5 Å². The summed E-state index contributed by atoms with van der Waals surface area (Å²) in [6, 6.07) is 20.3. The zero-order valence-electron chi connectivity index (χ0n) is 18.6. The quantitative estimate of drug-likeness (QED) is 0.580. The standard InChI is InChI=1S/C26H30N4O2/c1-20(21(2)29-15-17-32-18-16-29)27-25(31)14-13-23-19-30(24-11-7-4-8-12-24)28-26(23)22-9-5-3-6-10-22/h3-14,19-21H,15-18H2,1-2H3,(H,27,31). The molecule has 0 aliphatic carbocycles. The third-order valence-corrected chi connectivity index (χ3v) is 5.94. The lowest BCUT2D eigenvalue weighted by molar-refractivity contribution is -0.117. The average Bonchev–Trinajstić information content (AvgIpc) is 3.28. The summed E-state index contributed by atoms with van der Waals surface area (Å²) in [6.45, 7) is 7.50. The summed E-state index contributed by atoms with van der Waals surface area (Å²) < 4.78 is 7.28. The number of morpholine rings is 1. The van der Waals surface area contributed by atoms with Crippen LogP contribution in [0.2, 0.25) is 0 Å². The largest absolute Gasteiger partial charge is 0.379 e. The zero-order valence-corrected chi connectivity index (χ0v) is 18.6. The average molecular weight is 431 g/mol. The normalized spacial score (nSPS) is 16.7. The van der Waals surface area contributed by atoms with E-state index in [2.05, 4.69) is 24.1 Å². The molecule has 1 aromatic heterocycles. The van der Waals surface area contributed by atoms with E-state index in [1.165, 1.54) is 0 Å². The molecule has 0 bridgehead atoms. The third kappa shape index (κ3) is 5.33. The first-order valence-electron chi connectivity index (χ1n) is 11.1. The lowest BCUT2D eigenvalue weighted by Gasteiger charge is -2.35. The Bertz CT molecular complexity index is 1040. The van der Waals surface area contributed by atoms with Gasteiger partial charge in [-0.15, -0.1) is 0 Å². The summed E-state index contributed by atoms with van der Waals surface area (Å²) in [5.74, 6) is -0.107. The number of ether oxygens (including phenoxy) is 1. The number of carbonyl (C=O) groups is 1.